The smallest absolute Gasteiger partial charge is 0.237 e. The van der Waals surface area contributed by atoms with Crippen molar-refractivity contribution in [2.45, 2.75) is 50.1 Å². The molecule has 24 heavy (non-hydrogen) atoms. The highest BCUT2D eigenvalue weighted by Crippen LogP contribution is 2.41. The molecule has 126 valence electrons. The van der Waals surface area contributed by atoms with E-state index < -0.39 is 0 Å². The van der Waals surface area contributed by atoms with Gasteiger partial charge in [-0.25, -0.2) is 4.98 Å². The number of carbonyl (C=O) groups is 1. The van der Waals surface area contributed by atoms with Gasteiger partial charge in [-0.2, -0.15) is 0 Å². The van der Waals surface area contributed by atoms with Gasteiger partial charge in [-0.05, 0) is 37.0 Å². The molecule has 2 aliphatic rings. The summed E-state index contributed by atoms with van der Waals surface area (Å²) >= 11 is 0. The number of nitrogens with zero attached hydrogens (tertiary/aromatic N) is 2. The van der Waals surface area contributed by atoms with Gasteiger partial charge in [0.05, 0.1) is 23.6 Å². The molecule has 0 unspecified atom stereocenters. The molecule has 0 aromatic carbocycles. The minimum Gasteiger partial charge on any atom is -0.354 e. The van der Waals surface area contributed by atoms with Crippen LogP contribution in [0.1, 0.15) is 42.6 Å². The van der Waals surface area contributed by atoms with Crippen molar-refractivity contribution in [3.63, 3.8) is 0 Å². The van der Waals surface area contributed by atoms with Crippen molar-refractivity contribution in [3.8, 4) is 0 Å². The standard InChI is InChI=1S/C18H23N5O/c24-17(20-10-5-13-3-8-19-9-4-13)15-11-14-16(22-12-21-14)18(23-15)6-1-2-7-18/h3-4,8-9,12,15,23H,1-2,5-7,10-11H2,(H,20,24)(H,21,22)/t15-/m0/s1. The molecular formula is C18H23N5O. The Hall–Kier alpha value is -2.21. The number of rotatable bonds is 4. The third kappa shape index (κ3) is 2.82. The molecule has 4 rings (SSSR count). The van der Waals surface area contributed by atoms with Crippen LogP contribution in [0.5, 0.6) is 0 Å². The van der Waals surface area contributed by atoms with Gasteiger partial charge in [0.15, 0.2) is 0 Å². The molecule has 2 aromatic heterocycles. The van der Waals surface area contributed by atoms with Crippen LogP contribution in [0, 0.1) is 0 Å². The zero-order valence-electron chi connectivity index (χ0n) is 13.7. The minimum absolute atomic E-state index is 0.0792. The highest BCUT2D eigenvalue weighted by Gasteiger charge is 2.45. The number of fused-ring (bicyclic) bond motifs is 2. The van der Waals surface area contributed by atoms with E-state index in [2.05, 4.69) is 25.6 Å². The fraction of sp³-hybridized carbons (Fsp3) is 0.500. The summed E-state index contributed by atoms with van der Waals surface area (Å²) in [5.74, 6) is 0.0792. The largest absolute Gasteiger partial charge is 0.354 e. The number of aromatic amines is 1. The van der Waals surface area contributed by atoms with E-state index in [-0.39, 0.29) is 17.5 Å². The molecule has 6 nitrogen and oxygen atoms in total. The van der Waals surface area contributed by atoms with E-state index in [0.717, 1.165) is 30.7 Å². The quantitative estimate of drug-likeness (QED) is 0.794. The number of hydrogen-bond donors (Lipinski definition) is 3. The van der Waals surface area contributed by atoms with Gasteiger partial charge in [-0.1, -0.05) is 12.8 Å². The molecule has 6 heteroatoms. The van der Waals surface area contributed by atoms with Gasteiger partial charge in [0.1, 0.15) is 0 Å². The topological polar surface area (TPSA) is 82.7 Å². The maximum atomic E-state index is 12.6. The number of pyridine rings is 1. The first-order chi connectivity index (χ1) is 11.8. The van der Waals surface area contributed by atoms with Gasteiger partial charge in [-0.3, -0.25) is 15.1 Å². The van der Waals surface area contributed by atoms with Crippen molar-refractivity contribution in [1.82, 2.24) is 25.6 Å². The van der Waals surface area contributed by atoms with E-state index in [1.54, 1.807) is 18.7 Å². The third-order valence-electron chi connectivity index (χ3n) is 5.27. The molecule has 1 aliphatic heterocycles. The summed E-state index contributed by atoms with van der Waals surface area (Å²) in [6.07, 6.45) is 11.3. The van der Waals surface area contributed by atoms with Crippen LogP contribution in [0.3, 0.4) is 0 Å². The van der Waals surface area contributed by atoms with Crippen LogP contribution >= 0.6 is 0 Å². The fourth-order valence-corrected chi connectivity index (χ4v) is 4.07. The van der Waals surface area contributed by atoms with E-state index >= 15 is 0 Å². The normalized spacial score (nSPS) is 21.6. The molecule has 2 aromatic rings. The molecule has 1 aliphatic carbocycles. The van der Waals surface area contributed by atoms with Gasteiger partial charge in [-0.15, -0.1) is 0 Å². The van der Waals surface area contributed by atoms with Crippen molar-refractivity contribution in [1.29, 1.82) is 0 Å². The summed E-state index contributed by atoms with van der Waals surface area (Å²) in [4.78, 5) is 24.4. The lowest BCUT2D eigenvalue weighted by Gasteiger charge is -2.38. The number of hydrogen-bond acceptors (Lipinski definition) is 4. The Balaban J connectivity index is 1.40. The van der Waals surface area contributed by atoms with Gasteiger partial charge >= 0.3 is 0 Å². The predicted molar refractivity (Wildman–Crippen MR) is 90.3 cm³/mol. The maximum Gasteiger partial charge on any atom is 0.237 e. The number of imidazole rings is 1. The average Bonchev–Trinajstić information content (AvgIpc) is 3.26. The predicted octanol–water partition coefficient (Wildman–Crippen LogP) is 1.45. The Morgan fingerprint density at radius 1 is 1.29 bits per heavy atom. The highest BCUT2D eigenvalue weighted by molar-refractivity contribution is 5.82. The van der Waals surface area contributed by atoms with Crippen LogP contribution in [0.25, 0.3) is 0 Å². The van der Waals surface area contributed by atoms with E-state index in [0.29, 0.717) is 13.0 Å². The second kappa shape index (κ2) is 6.36. The summed E-state index contributed by atoms with van der Waals surface area (Å²) in [5.41, 5.74) is 3.32. The Labute approximate surface area is 141 Å². The molecule has 1 saturated carbocycles. The van der Waals surface area contributed by atoms with Crippen molar-refractivity contribution in [2.75, 3.05) is 6.54 Å². The molecular weight excluding hydrogens is 302 g/mol. The van der Waals surface area contributed by atoms with Gasteiger partial charge in [0.25, 0.3) is 0 Å². The lowest BCUT2D eigenvalue weighted by molar-refractivity contribution is -0.124. The average molecular weight is 325 g/mol. The molecule has 0 bridgehead atoms. The van der Waals surface area contributed by atoms with Crippen molar-refractivity contribution in [3.05, 3.63) is 47.8 Å². The zero-order chi connectivity index (χ0) is 16.4. The van der Waals surface area contributed by atoms with Gasteiger partial charge < -0.3 is 10.3 Å². The number of amides is 1. The summed E-state index contributed by atoms with van der Waals surface area (Å²) in [7, 11) is 0. The molecule has 1 amide bonds. The van der Waals surface area contributed by atoms with Crippen LogP contribution in [0.4, 0.5) is 0 Å². The first-order valence-electron chi connectivity index (χ1n) is 8.74. The zero-order valence-corrected chi connectivity index (χ0v) is 13.7. The summed E-state index contributed by atoms with van der Waals surface area (Å²) in [6, 6.07) is 3.78. The lowest BCUT2D eigenvalue weighted by Crippen LogP contribution is -2.57. The van der Waals surface area contributed by atoms with Crippen molar-refractivity contribution in [2.24, 2.45) is 0 Å². The second-order valence-corrected chi connectivity index (χ2v) is 6.82. The maximum absolute atomic E-state index is 12.6. The van der Waals surface area contributed by atoms with E-state index in [1.165, 1.54) is 18.4 Å². The number of H-pyrrole nitrogens is 1. The van der Waals surface area contributed by atoms with E-state index in [1.807, 2.05) is 12.1 Å². The molecule has 3 heterocycles. The molecule has 3 N–H and O–H groups in total. The van der Waals surface area contributed by atoms with Crippen molar-refractivity contribution < 1.29 is 4.79 Å². The Morgan fingerprint density at radius 3 is 2.88 bits per heavy atom. The highest BCUT2D eigenvalue weighted by atomic mass is 16.2. The molecule has 1 atom stereocenters. The minimum atomic E-state index is -0.187. The number of aromatic nitrogens is 3. The first kappa shape index (κ1) is 15.3. The molecule has 0 radical (unpaired) electrons. The van der Waals surface area contributed by atoms with Crippen LogP contribution in [-0.4, -0.2) is 33.4 Å². The van der Waals surface area contributed by atoms with Crippen molar-refractivity contribution >= 4 is 5.91 Å². The van der Waals surface area contributed by atoms with Crippen LogP contribution in [-0.2, 0) is 23.2 Å². The summed E-state index contributed by atoms with van der Waals surface area (Å²) < 4.78 is 0. The molecule has 1 fully saturated rings. The van der Waals surface area contributed by atoms with Crippen LogP contribution < -0.4 is 10.6 Å². The molecule has 1 spiro atoms. The lowest BCUT2D eigenvalue weighted by atomic mass is 9.85. The number of carbonyl (C=O) groups excluding carboxylic acids is 1. The summed E-state index contributed by atoms with van der Waals surface area (Å²) in [6.45, 7) is 0.643. The van der Waals surface area contributed by atoms with Gasteiger partial charge in [0, 0.05) is 31.1 Å². The Morgan fingerprint density at radius 2 is 2.08 bits per heavy atom. The van der Waals surface area contributed by atoms with E-state index in [9.17, 15) is 4.79 Å². The molecule has 0 saturated heterocycles. The second-order valence-electron chi connectivity index (χ2n) is 6.82. The number of nitrogens with one attached hydrogen (secondary N) is 3. The SMILES string of the molecule is O=C(NCCc1ccncc1)[C@@H]1Cc2[nH]cnc2C2(CCCC2)N1. The van der Waals surface area contributed by atoms with E-state index in [4.69, 9.17) is 0 Å². The van der Waals surface area contributed by atoms with Crippen LogP contribution in [0.2, 0.25) is 0 Å². The Kier molecular flexibility index (Phi) is 4.06. The first-order valence-corrected chi connectivity index (χ1v) is 8.74. The fourth-order valence-electron chi connectivity index (χ4n) is 4.07. The summed E-state index contributed by atoms with van der Waals surface area (Å²) in [5, 5.41) is 6.69. The monoisotopic (exact) mass is 325 g/mol. The van der Waals surface area contributed by atoms with Crippen LogP contribution in [0.15, 0.2) is 30.9 Å². The third-order valence-corrected chi connectivity index (χ3v) is 5.27. The Bertz CT molecular complexity index is 705. The van der Waals surface area contributed by atoms with Gasteiger partial charge in [0.2, 0.25) is 5.91 Å².